The number of carbonyl (C=O) groups is 1. The lowest BCUT2D eigenvalue weighted by atomic mass is 10.2. The third kappa shape index (κ3) is 5.56. The van der Waals surface area contributed by atoms with E-state index in [0.717, 1.165) is 37.6 Å². The molecule has 3 heterocycles. The van der Waals surface area contributed by atoms with Crippen LogP contribution in [-0.2, 0) is 0 Å². The van der Waals surface area contributed by atoms with Crippen molar-refractivity contribution >= 4 is 39.7 Å². The number of thiazole rings is 1. The van der Waals surface area contributed by atoms with Crippen molar-refractivity contribution in [3.8, 4) is 5.75 Å². The minimum atomic E-state index is -0.342. The van der Waals surface area contributed by atoms with E-state index in [9.17, 15) is 9.90 Å². The Bertz CT molecular complexity index is 1110. The first kappa shape index (κ1) is 22.9. The third-order valence-corrected chi connectivity index (χ3v) is 6.30. The van der Waals surface area contributed by atoms with Crippen molar-refractivity contribution in [1.82, 2.24) is 19.9 Å². The molecule has 4 rings (SSSR count). The zero-order chi connectivity index (χ0) is 23.4. The van der Waals surface area contributed by atoms with Crippen LogP contribution in [0.15, 0.2) is 30.5 Å². The molecule has 1 aliphatic rings. The average Bonchev–Trinajstić information content (AvgIpc) is 3.25. The summed E-state index contributed by atoms with van der Waals surface area (Å²) in [5, 5.41) is 25.6. The van der Waals surface area contributed by atoms with Crippen LogP contribution in [0, 0.1) is 13.8 Å². The normalized spacial score (nSPS) is 14.3. The van der Waals surface area contributed by atoms with Gasteiger partial charge in [-0.3, -0.25) is 9.69 Å². The van der Waals surface area contributed by atoms with Gasteiger partial charge in [-0.1, -0.05) is 23.5 Å². The number of phenolic OH excluding ortho intramolecular Hbond substituents is 1. The summed E-state index contributed by atoms with van der Waals surface area (Å²) in [6.45, 7) is 7.89. The fraction of sp³-hybridized carbons (Fsp3) is 0.364. The number of benzene rings is 1. The summed E-state index contributed by atoms with van der Waals surface area (Å²) in [6.07, 6.45) is 1.49. The van der Waals surface area contributed by atoms with Gasteiger partial charge in [0.25, 0.3) is 5.91 Å². The lowest BCUT2D eigenvalue weighted by Crippen LogP contribution is -2.47. The molecule has 0 aliphatic carbocycles. The van der Waals surface area contributed by atoms with Crippen LogP contribution in [0.3, 0.4) is 0 Å². The van der Waals surface area contributed by atoms with Crippen LogP contribution in [0.1, 0.15) is 21.1 Å². The Balaban J connectivity index is 1.43. The number of rotatable bonds is 7. The Morgan fingerprint density at radius 3 is 2.70 bits per heavy atom. The van der Waals surface area contributed by atoms with Crippen molar-refractivity contribution in [2.24, 2.45) is 0 Å². The van der Waals surface area contributed by atoms with Crippen LogP contribution in [-0.4, -0.2) is 75.3 Å². The van der Waals surface area contributed by atoms with Gasteiger partial charge in [-0.2, -0.15) is 0 Å². The fourth-order valence-electron chi connectivity index (χ4n) is 3.66. The molecular formula is C22H27N7O3S. The summed E-state index contributed by atoms with van der Waals surface area (Å²) in [5.74, 6) is 1.75. The molecule has 0 unspecified atom stereocenters. The summed E-state index contributed by atoms with van der Waals surface area (Å²) in [5.41, 5.74) is 1.16. The number of β-amino-alcohol motifs (C(OH)–C–C–N with tert-alkyl or cyclic N) is 1. The largest absolute Gasteiger partial charge is 0.506 e. The molecule has 1 saturated heterocycles. The van der Waals surface area contributed by atoms with Crippen molar-refractivity contribution in [3.63, 3.8) is 0 Å². The van der Waals surface area contributed by atoms with E-state index in [1.807, 2.05) is 26.0 Å². The molecule has 0 spiro atoms. The number of amides is 1. The van der Waals surface area contributed by atoms with E-state index in [1.54, 1.807) is 6.07 Å². The van der Waals surface area contributed by atoms with E-state index in [4.69, 9.17) is 5.11 Å². The molecule has 4 N–H and O–H groups in total. The summed E-state index contributed by atoms with van der Waals surface area (Å²) in [7, 11) is 0. The molecule has 0 atom stereocenters. The number of nitrogens with one attached hydrogen (secondary N) is 2. The van der Waals surface area contributed by atoms with Crippen molar-refractivity contribution in [2.75, 3.05) is 54.9 Å². The van der Waals surface area contributed by atoms with E-state index >= 15 is 0 Å². The van der Waals surface area contributed by atoms with E-state index in [1.165, 1.54) is 23.6 Å². The van der Waals surface area contributed by atoms with E-state index in [-0.39, 0.29) is 18.3 Å². The maximum atomic E-state index is 12.6. The second-order valence-corrected chi connectivity index (χ2v) is 8.82. The molecule has 0 saturated carbocycles. The average molecular weight is 470 g/mol. The number of hydrogen-bond donors (Lipinski definition) is 4. The van der Waals surface area contributed by atoms with Crippen LogP contribution in [0.2, 0.25) is 0 Å². The third-order valence-electron chi connectivity index (χ3n) is 5.39. The first-order valence-electron chi connectivity index (χ1n) is 10.7. The highest BCUT2D eigenvalue weighted by atomic mass is 32.1. The number of piperazine rings is 1. The number of para-hydroxylation sites is 1. The summed E-state index contributed by atoms with van der Waals surface area (Å²) in [4.78, 5) is 30.8. The Kier molecular flexibility index (Phi) is 7.02. The molecule has 1 fully saturated rings. The Morgan fingerprint density at radius 2 is 1.97 bits per heavy atom. The van der Waals surface area contributed by atoms with E-state index in [2.05, 4.69) is 35.4 Å². The molecule has 174 valence electrons. The standard InChI is InChI=1S/C22H27N7O3S/c1-14-4-3-5-16(31)20(14)27-21(32)17-13-23-22(33-17)26-18-12-19(25-15(2)24-18)29-8-6-28(7-9-29)10-11-30/h3-5,12-13,30-31H,6-11H2,1-2H3,(H,27,32)(H,23,24,25,26). The SMILES string of the molecule is Cc1nc(Nc2ncc(C(=O)Nc3c(C)cccc3O)s2)cc(N2CCN(CCO)CC2)n1. The summed E-state index contributed by atoms with van der Waals surface area (Å²) >= 11 is 1.20. The number of aliphatic hydroxyl groups is 1. The highest BCUT2D eigenvalue weighted by molar-refractivity contribution is 7.17. The number of anilines is 4. The molecule has 1 aliphatic heterocycles. The molecule has 3 aromatic rings. The minimum absolute atomic E-state index is 0.0207. The van der Waals surface area contributed by atoms with Crippen molar-refractivity contribution in [1.29, 1.82) is 0 Å². The van der Waals surface area contributed by atoms with Crippen LogP contribution < -0.4 is 15.5 Å². The molecule has 1 amide bonds. The Morgan fingerprint density at radius 1 is 1.18 bits per heavy atom. The Hall–Kier alpha value is -3.28. The van der Waals surface area contributed by atoms with Gasteiger partial charge < -0.3 is 25.7 Å². The molecule has 1 aromatic carbocycles. The van der Waals surface area contributed by atoms with Crippen LogP contribution >= 0.6 is 11.3 Å². The van der Waals surface area contributed by atoms with Gasteiger partial charge in [-0.15, -0.1) is 0 Å². The van der Waals surface area contributed by atoms with Gasteiger partial charge >= 0.3 is 0 Å². The zero-order valence-corrected chi connectivity index (χ0v) is 19.4. The monoisotopic (exact) mass is 469 g/mol. The van der Waals surface area contributed by atoms with E-state index in [0.29, 0.717) is 33.9 Å². The van der Waals surface area contributed by atoms with Gasteiger partial charge in [0.2, 0.25) is 0 Å². The van der Waals surface area contributed by atoms with Crippen molar-refractivity contribution < 1.29 is 15.0 Å². The van der Waals surface area contributed by atoms with E-state index < -0.39 is 0 Å². The molecule has 0 radical (unpaired) electrons. The highest BCUT2D eigenvalue weighted by Gasteiger charge is 2.19. The number of aliphatic hydroxyl groups excluding tert-OH is 1. The maximum Gasteiger partial charge on any atom is 0.267 e. The van der Waals surface area contributed by atoms with Crippen molar-refractivity contribution in [3.05, 3.63) is 46.7 Å². The quantitative estimate of drug-likeness (QED) is 0.386. The highest BCUT2D eigenvalue weighted by Crippen LogP contribution is 2.29. The number of aryl methyl sites for hydroxylation is 2. The second kappa shape index (κ2) is 10.1. The number of aromatic nitrogens is 3. The minimum Gasteiger partial charge on any atom is -0.506 e. The van der Waals surface area contributed by atoms with Gasteiger partial charge in [0.15, 0.2) is 5.13 Å². The zero-order valence-electron chi connectivity index (χ0n) is 18.6. The predicted octanol–water partition coefficient (Wildman–Crippen LogP) is 2.37. The predicted molar refractivity (Wildman–Crippen MR) is 129 cm³/mol. The number of aromatic hydroxyl groups is 1. The van der Waals surface area contributed by atoms with Gasteiger partial charge in [0, 0.05) is 38.8 Å². The van der Waals surface area contributed by atoms with Crippen molar-refractivity contribution in [2.45, 2.75) is 13.8 Å². The number of phenols is 1. The molecule has 2 aromatic heterocycles. The molecule has 11 heteroatoms. The number of nitrogens with zero attached hydrogens (tertiary/aromatic N) is 5. The molecule has 10 nitrogen and oxygen atoms in total. The maximum absolute atomic E-state index is 12.6. The smallest absolute Gasteiger partial charge is 0.267 e. The van der Waals surface area contributed by atoms with Crippen LogP contribution in [0.4, 0.5) is 22.5 Å². The topological polar surface area (TPSA) is 127 Å². The second-order valence-electron chi connectivity index (χ2n) is 7.79. The summed E-state index contributed by atoms with van der Waals surface area (Å²) < 4.78 is 0. The van der Waals surface area contributed by atoms with Gasteiger partial charge in [-0.25, -0.2) is 15.0 Å². The number of carbonyl (C=O) groups excluding carboxylic acids is 1. The number of hydrogen-bond acceptors (Lipinski definition) is 10. The molecule has 33 heavy (non-hydrogen) atoms. The van der Waals surface area contributed by atoms with Gasteiger partial charge in [0.05, 0.1) is 18.5 Å². The molecule has 0 bridgehead atoms. The molecular weight excluding hydrogens is 442 g/mol. The summed E-state index contributed by atoms with van der Waals surface area (Å²) in [6, 6.07) is 6.95. The first-order valence-corrected chi connectivity index (χ1v) is 11.5. The van der Waals surface area contributed by atoms with Crippen LogP contribution in [0.25, 0.3) is 0 Å². The van der Waals surface area contributed by atoms with Gasteiger partial charge in [-0.05, 0) is 25.5 Å². The first-order chi connectivity index (χ1) is 15.9. The Labute approximate surface area is 195 Å². The lowest BCUT2D eigenvalue weighted by molar-refractivity contribution is 0.102. The lowest BCUT2D eigenvalue weighted by Gasteiger charge is -2.35. The van der Waals surface area contributed by atoms with Gasteiger partial charge in [0.1, 0.15) is 28.1 Å². The fourth-order valence-corrected chi connectivity index (χ4v) is 4.37. The van der Waals surface area contributed by atoms with Crippen LogP contribution in [0.5, 0.6) is 5.75 Å².